The average molecular weight is 388 g/mol. The second kappa shape index (κ2) is 8.68. The van der Waals surface area contributed by atoms with Gasteiger partial charge in [-0.25, -0.2) is 0 Å². The third-order valence-corrected chi connectivity index (χ3v) is 4.67. The Morgan fingerprint density at radius 3 is 2.59 bits per heavy atom. The van der Waals surface area contributed by atoms with E-state index in [-0.39, 0.29) is 17.6 Å². The molecule has 0 saturated carbocycles. The molecule has 0 radical (unpaired) electrons. The average Bonchev–Trinajstić information content (AvgIpc) is 2.66. The van der Waals surface area contributed by atoms with E-state index in [2.05, 4.69) is 10.6 Å². The van der Waals surface area contributed by atoms with E-state index in [1.807, 2.05) is 18.2 Å². The lowest BCUT2D eigenvalue weighted by Gasteiger charge is -2.18. The number of rotatable bonds is 6. The highest BCUT2D eigenvalue weighted by atomic mass is 32.2. The van der Waals surface area contributed by atoms with Gasteiger partial charge in [-0.05, 0) is 36.4 Å². The number of nitrogens with one attached hydrogen (secondary N) is 2. The summed E-state index contributed by atoms with van der Waals surface area (Å²) in [7, 11) is 1.52. The van der Waals surface area contributed by atoms with Crippen LogP contribution in [0, 0.1) is 0 Å². The molecule has 1 aliphatic heterocycles. The SMILES string of the molecule is COc1ccc(NC(C)=O)cc1NC(=O)CSc1ccc2c(c1)OCCO2. The number of amides is 2. The van der Waals surface area contributed by atoms with Crippen LogP contribution in [0.3, 0.4) is 0 Å². The Morgan fingerprint density at radius 2 is 1.85 bits per heavy atom. The summed E-state index contributed by atoms with van der Waals surface area (Å²) in [6.45, 7) is 2.49. The predicted octanol–water partition coefficient (Wildman–Crippen LogP) is 3.16. The van der Waals surface area contributed by atoms with E-state index in [1.165, 1.54) is 25.8 Å². The number of carbonyl (C=O) groups is 2. The molecule has 0 spiro atoms. The van der Waals surface area contributed by atoms with Gasteiger partial charge in [-0.15, -0.1) is 11.8 Å². The number of thioether (sulfide) groups is 1. The summed E-state index contributed by atoms with van der Waals surface area (Å²) < 4.78 is 16.3. The van der Waals surface area contributed by atoms with Crippen molar-refractivity contribution in [2.24, 2.45) is 0 Å². The summed E-state index contributed by atoms with van der Waals surface area (Å²) in [6, 6.07) is 10.7. The molecule has 0 saturated heterocycles. The number of hydrogen-bond donors (Lipinski definition) is 2. The van der Waals surface area contributed by atoms with E-state index in [0.29, 0.717) is 36.1 Å². The van der Waals surface area contributed by atoms with Gasteiger partial charge in [-0.1, -0.05) is 0 Å². The number of benzene rings is 2. The second-order valence-electron chi connectivity index (χ2n) is 5.74. The molecule has 2 amide bonds. The molecule has 0 bridgehead atoms. The van der Waals surface area contributed by atoms with Crippen LogP contribution < -0.4 is 24.8 Å². The number of methoxy groups -OCH3 is 1. The standard InChI is InChI=1S/C19H20N2O5S/c1-12(22)20-13-3-5-16(24-2)15(9-13)21-19(23)11-27-14-4-6-17-18(10-14)26-8-7-25-17/h3-6,9-10H,7-8,11H2,1-2H3,(H,20,22)(H,21,23). The molecule has 7 nitrogen and oxygen atoms in total. The molecule has 142 valence electrons. The summed E-state index contributed by atoms with van der Waals surface area (Å²) in [6.07, 6.45) is 0. The van der Waals surface area contributed by atoms with E-state index >= 15 is 0 Å². The lowest BCUT2D eigenvalue weighted by molar-refractivity contribution is -0.114. The van der Waals surface area contributed by atoms with Crippen LogP contribution in [0.2, 0.25) is 0 Å². The monoisotopic (exact) mass is 388 g/mol. The molecule has 27 heavy (non-hydrogen) atoms. The van der Waals surface area contributed by atoms with E-state index in [4.69, 9.17) is 14.2 Å². The van der Waals surface area contributed by atoms with Crippen LogP contribution in [0.4, 0.5) is 11.4 Å². The first-order chi connectivity index (χ1) is 13.0. The van der Waals surface area contributed by atoms with Gasteiger partial charge in [0.2, 0.25) is 11.8 Å². The van der Waals surface area contributed by atoms with Gasteiger partial charge in [0.25, 0.3) is 0 Å². The normalized spacial score (nSPS) is 12.2. The van der Waals surface area contributed by atoms with Crippen molar-refractivity contribution in [1.82, 2.24) is 0 Å². The van der Waals surface area contributed by atoms with Crippen LogP contribution >= 0.6 is 11.8 Å². The van der Waals surface area contributed by atoms with Crippen molar-refractivity contribution in [2.75, 3.05) is 36.7 Å². The fourth-order valence-corrected chi connectivity index (χ4v) is 3.26. The fraction of sp³-hybridized carbons (Fsp3) is 0.263. The Hall–Kier alpha value is -2.87. The zero-order valence-electron chi connectivity index (χ0n) is 15.0. The van der Waals surface area contributed by atoms with Crippen molar-refractivity contribution in [2.45, 2.75) is 11.8 Å². The molecular formula is C19H20N2O5S. The maximum Gasteiger partial charge on any atom is 0.234 e. The molecule has 0 fully saturated rings. The van der Waals surface area contributed by atoms with Crippen molar-refractivity contribution in [3.05, 3.63) is 36.4 Å². The number of hydrogen-bond acceptors (Lipinski definition) is 6. The second-order valence-corrected chi connectivity index (χ2v) is 6.79. The summed E-state index contributed by atoms with van der Waals surface area (Å²) in [5.41, 5.74) is 1.08. The summed E-state index contributed by atoms with van der Waals surface area (Å²) in [5.74, 6) is 1.76. The molecule has 3 rings (SSSR count). The van der Waals surface area contributed by atoms with Crippen LogP contribution in [-0.4, -0.2) is 37.9 Å². The van der Waals surface area contributed by atoms with Gasteiger partial charge in [-0.3, -0.25) is 9.59 Å². The van der Waals surface area contributed by atoms with Crippen LogP contribution in [-0.2, 0) is 9.59 Å². The minimum absolute atomic E-state index is 0.187. The Kier molecular flexibility index (Phi) is 6.08. The number of anilines is 2. The molecule has 0 aromatic heterocycles. The molecule has 0 aliphatic carbocycles. The first-order valence-corrected chi connectivity index (χ1v) is 9.31. The molecule has 2 N–H and O–H groups in total. The van der Waals surface area contributed by atoms with E-state index < -0.39 is 0 Å². The molecule has 0 atom stereocenters. The highest BCUT2D eigenvalue weighted by molar-refractivity contribution is 8.00. The van der Waals surface area contributed by atoms with Gasteiger partial charge in [0.05, 0.1) is 18.6 Å². The molecular weight excluding hydrogens is 368 g/mol. The summed E-state index contributed by atoms with van der Waals surface area (Å²) in [4.78, 5) is 24.5. The van der Waals surface area contributed by atoms with Crippen molar-refractivity contribution < 1.29 is 23.8 Å². The molecule has 2 aromatic carbocycles. The lowest BCUT2D eigenvalue weighted by Crippen LogP contribution is -2.16. The van der Waals surface area contributed by atoms with Gasteiger partial charge in [-0.2, -0.15) is 0 Å². The van der Waals surface area contributed by atoms with Gasteiger partial charge >= 0.3 is 0 Å². The van der Waals surface area contributed by atoms with Gasteiger partial charge in [0.1, 0.15) is 19.0 Å². The Balaban J connectivity index is 1.62. The zero-order chi connectivity index (χ0) is 19.2. The van der Waals surface area contributed by atoms with Gasteiger partial charge < -0.3 is 24.8 Å². The number of ether oxygens (including phenoxy) is 3. The van der Waals surface area contributed by atoms with E-state index in [1.54, 1.807) is 18.2 Å². The van der Waals surface area contributed by atoms with E-state index in [9.17, 15) is 9.59 Å². The van der Waals surface area contributed by atoms with Crippen LogP contribution in [0.5, 0.6) is 17.2 Å². The van der Waals surface area contributed by atoms with Crippen molar-refractivity contribution in [1.29, 1.82) is 0 Å². The third-order valence-electron chi connectivity index (χ3n) is 3.68. The minimum Gasteiger partial charge on any atom is -0.495 e. The lowest BCUT2D eigenvalue weighted by atomic mass is 10.2. The van der Waals surface area contributed by atoms with Crippen molar-refractivity contribution >= 4 is 35.0 Å². The van der Waals surface area contributed by atoms with Crippen LogP contribution in [0.1, 0.15) is 6.92 Å². The van der Waals surface area contributed by atoms with Crippen molar-refractivity contribution in [3.63, 3.8) is 0 Å². The maximum absolute atomic E-state index is 12.3. The highest BCUT2D eigenvalue weighted by Crippen LogP contribution is 2.34. The maximum atomic E-state index is 12.3. The fourth-order valence-electron chi connectivity index (χ4n) is 2.54. The first kappa shape index (κ1) is 18.9. The molecule has 8 heteroatoms. The highest BCUT2D eigenvalue weighted by Gasteiger charge is 2.14. The van der Waals surface area contributed by atoms with Gasteiger partial charge in [0.15, 0.2) is 11.5 Å². The smallest absolute Gasteiger partial charge is 0.234 e. The minimum atomic E-state index is -0.188. The third kappa shape index (κ3) is 5.07. The van der Waals surface area contributed by atoms with Crippen molar-refractivity contribution in [3.8, 4) is 17.2 Å². The van der Waals surface area contributed by atoms with Crippen LogP contribution in [0.15, 0.2) is 41.3 Å². The molecule has 2 aromatic rings. The Bertz CT molecular complexity index is 856. The molecule has 1 heterocycles. The summed E-state index contributed by atoms with van der Waals surface area (Å²) >= 11 is 1.39. The molecule has 0 unspecified atom stereocenters. The number of fused-ring (bicyclic) bond motifs is 1. The van der Waals surface area contributed by atoms with E-state index in [0.717, 1.165) is 10.6 Å². The first-order valence-electron chi connectivity index (χ1n) is 8.33. The zero-order valence-corrected chi connectivity index (χ0v) is 15.9. The number of carbonyl (C=O) groups excluding carboxylic acids is 2. The predicted molar refractivity (Wildman–Crippen MR) is 104 cm³/mol. The quantitative estimate of drug-likeness (QED) is 0.740. The Morgan fingerprint density at radius 1 is 1.07 bits per heavy atom. The molecule has 1 aliphatic rings. The van der Waals surface area contributed by atoms with Crippen LogP contribution in [0.25, 0.3) is 0 Å². The van der Waals surface area contributed by atoms with Gasteiger partial charge in [0, 0.05) is 17.5 Å². The largest absolute Gasteiger partial charge is 0.495 e. The Labute approximate surface area is 161 Å². The summed E-state index contributed by atoms with van der Waals surface area (Å²) in [5, 5.41) is 5.50. The topological polar surface area (TPSA) is 85.9 Å².